The monoisotopic (exact) mass is 421 g/mol. The van der Waals surface area contributed by atoms with Crippen LogP contribution in [0.4, 0.5) is 4.39 Å². The minimum absolute atomic E-state index is 0.0696. The molecule has 1 aliphatic carbocycles. The Kier molecular flexibility index (Phi) is 5.85. The van der Waals surface area contributed by atoms with Gasteiger partial charge in [0.05, 0.1) is 18.2 Å². The molecule has 1 aliphatic rings. The Morgan fingerprint density at radius 3 is 2.84 bits per heavy atom. The number of rotatable bonds is 5. The molecule has 0 radical (unpaired) electrons. The normalized spacial score (nSPS) is 24.0. The zero-order valence-electron chi connectivity index (χ0n) is 18.0. The molecule has 1 N–H and O–H groups in total. The summed E-state index contributed by atoms with van der Waals surface area (Å²) < 4.78 is 16.7. The molecular formula is C24H28FN5O. The van der Waals surface area contributed by atoms with E-state index in [4.69, 9.17) is 0 Å². The molecule has 0 aliphatic heterocycles. The van der Waals surface area contributed by atoms with Crippen LogP contribution in [0.3, 0.4) is 0 Å². The predicted molar refractivity (Wildman–Crippen MR) is 118 cm³/mol. The number of benzene rings is 1. The van der Waals surface area contributed by atoms with Crippen molar-refractivity contribution in [3.8, 4) is 22.7 Å². The molecule has 6 nitrogen and oxygen atoms in total. The highest BCUT2D eigenvalue weighted by Gasteiger charge is 2.36. The van der Waals surface area contributed by atoms with Crippen molar-refractivity contribution in [2.75, 3.05) is 0 Å². The smallest absolute Gasteiger partial charge is 0.177 e. The van der Waals surface area contributed by atoms with E-state index in [1.807, 2.05) is 6.07 Å². The van der Waals surface area contributed by atoms with Gasteiger partial charge in [-0.2, -0.15) is 0 Å². The zero-order chi connectivity index (χ0) is 22.0. The molecule has 1 saturated carbocycles. The number of phenolic OH excluding ortho intramolecular Hbond substituents is 1. The predicted octanol–water partition coefficient (Wildman–Crippen LogP) is 5.39. The largest absolute Gasteiger partial charge is 0.507 e. The molecule has 0 saturated heterocycles. The van der Waals surface area contributed by atoms with Gasteiger partial charge in [0.25, 0.3) is 0 Å². The zero-order valence-corrected chi connectivity index (χ0v) is 18.0. The SMILES string of the molecule is C=C(c1ncc(-c2ccc(-n3ccnc3)cc2O)nn1)[C@@H]1C[C@](C)(CC)CCC[C@@H]1F. The van der Waals surface area contributed by atoms with E-state index in [0.29, 0.717) is 29.1 Å². The average Bonchev–Trinajstić information content (AvgIpc) is 3.27. The number of aromatic hydroxyl groups is 1. The summed E-state index contributed by atoms with van der Waals surface area (Å²) in [6.07, 6.45) is 9.96. The Bertz CT molecular complexity index is 1050. The molecule has 1 aromatic carbocycles. The number of nitrogens with zero attached hydrogens (tertiary/aromatic N) is 5. The Morgan fingerprint density at radius 1 is 1.35 bits per heavy atom. The molecule has 1 fully saturated rings. The molecule has 0 bridgehead atoms. The van der Waals surface area contributed by atoms with Gasteiger partial charge in [-0.15, -0.1) is 10.2 Å². The maximum absolute atomic E-state index is 14.9. The molecular weight excluding hydrogens is 393 g/mol. The molecule has 2 aromatic heterocycles. The minimum atomic E-state index is -0.941. The summed E-state index contributed by atoms with van der Waals surface area (Å²) in [7, 11) is 0. The molecule has 3 aromatic rings. The van der Waals surface area contributed by atoms with Crippen molar-refractivity contribution in [2.45, 2.75) is 52.1 Å². The lowest BCUT2D eigenvalue weighted by atomic mass is 9.75. The molecule has 4 rings (SSSR count). The number of hydrogen-bond donors (Lipinski definition) is 1. The van der Waals surface area contributed by atoms with Gasteiger partial charge in [0.1, 0.15) is 17.6 Å². The summed E-state index contributed by atoms with van der Waals surface area (Å²) in [5.41, 5.74) is 2.46. The van der Waals surface area contributed by atoms with Gasteiger partial charge in [0.2, 0.25) is 0 Å². The molecule has 31 heavy (non-hydrogen) atoms. The number of aromatic nitrogens is 5. The van der Waals surface area contributed by atoms with Gasteiger partial charge < -0.3 is 9.67 Å². The third-order valence-electron chi connectivity index (χ3n) is 6.62. The van der Waals surface area contributed by atoms with E-state index in [2.05, 4.69) is 40.6 Å². The third kappa shape index (κ3) is 4.36. The van der Waals surface area contributed by atoms with E-state index in [1.165, 1.54) is 0 Å². The van der Waals surface area contributed by atoms with E-state index in [0.717, 1.165) is 31.4 Å². The van der Waals surface area contributed by atoms with E-state index in [1.54, 1.807) is 41.6 Å². The number of allylic oxidation sites excluding steroid dienone is 1. The van der Waals surface area contributed by atoms with Crippen LogP contribution in [0, 0.1) is 11.3 Å². The third-order valence-corrected chi connectivity index (χ3v) is 6.62. The maximum atomic E-state index is 14.9. The molecule has 7 heteroatoms. The first-order valence-electron chi connectivity index (χ1n) is 10.7. The average molecular weight is 422 g/mol. The Labute approximate surface area is 181 Å². The highest BCUT2D eigenvalue weighted by molar-refractivity contribution is 5.68. The number of hydrogen-bond acceptors (Lipinski definition) is 5. The Morgan fingerprint density at radius 2 is 2.19 bits per heavy atom. The van der Waals surface area contributed by atoms with Gasteiger partial charge in [-0.05, 0) is 48.8 Å². The van der Waals surface area contributed by atoms with Crippen molar-refractivity contribution in [1.82, 2.24) is 24.7 Å². The van der Waals surface area contributed by atoms with Crippen LogP contribution < -0.4 is 0 Å². The van der Waals surface area contributed by atoms with Gasteiger partial charge in [-0.1, -0.05) is 26.8 Å². The molecule has 162 valence electrons. The Hall–Kier alpha value is -3.09. The summed E-state index contributed by atoms with van der Waals surface area (Å²) in [6, 6.07) is 5.26. The summed E-state index contributed by atoms with van der Waals surface area (Å²) >= 11 is 0. The highest BCUT2D eigenvalue weighted by atomic mass is 19.1. The van der Waals surface area contributed by atoms with E-state index >= 15 is 0 Å². The summed E-state index contributed by atoms with van der Waals surface area (Å²) in [5.74, 6) is 0.134. The first-order chi connectivity index (χ1) is 14.9. The number of halogens is 1. The standard InChI is InChI=1S/C24H28FN5O/c1-4-24(3)9-5-6-20(25)19(13-24)16(2)23-27-14-21(28-29-23)18-8-7-17(12-22(18)31)30-11-10-26-15-30/h7-8,10-12,14-15,19-20,31H,2,4-6,9,13H2,1,3H3/t19-,20-,24+/m0/s1. The van der Waals surface area contributed by atoms with Crippen LogP contribution in [0.1, 0.15) is 51.8 Å². The second kappa shape index (κ2) is 8.57. The van der Waals surface area contributed by atoms with Gasteiger partial charge >= 0.3 is 0 Å². The van der Waals surface area contributed by atoms with Gasteiger partial charge in [0.15, 0.2) is 5.82 Å². The number of alkyl halides is 1. The van der Waals surface area contributed by atoms with Crippen molar-refractivity contribution in [3.05, 3.63) is 55.5 Å². The number of phenols is 1. The number of imidazole rings is 1. The van der Waals surface area contributed by atoms with Crippen LogP contribution in [-0.2, 0) is 0 Å². The summed E-state index contributed by atoms with van der Waals surface area (Å²) in [6.45, 7) is 8.53. The van der Waals surface area contributed by atoms with Crippen LogP contribution in [-0.4, -0.2) is 36.0 Å². The second-order valence-electron chi connectivity index (χ2n) is 8.75. The van der Waals surface area contributed by atoms with E-state index < -0.39 is 6.17 Å². The van der Waals surface area contributed by atoms with Crippen LogP contribution in [0.2, 0.25) is 0 Å². The van der Waals surface area contributed by atoms with Crippen molar-refractivity contribution >= 4 is 5.57 Å². The summed E-state index contributed by atoms with van der Waals surface area (Å²) in [5, 5.41) is 19.0. The fourth-order valence-electron chi connectivity index (χ4n) is 4.37. The van der Waals surface area contributed by atoms with E-state index in [9.17, 15) is 9.50 Å². The van der Waals surface area contributed by atoms with Crippen LogP contribution >= 0.6 is 0 Å². The highest BCUT2D eigenvalue weighted by Crippen LogP contribution is 2.44. The molecule has 2 heterocycles. The molecule has 0 spiro atoms. The quantitative estimate of drug-likeness (QED) is 0.559. The van der Waals surface area contributed by atoms with Crippen LogP contribution in [0.25, 0.3) is 22.5 Å². The topological polar surface area (TPSA) is 76.7 Å². The summed E-state index contributed by atoms with van der Waals surface area (Å²) in [4.78, 5) is 8.43. The Balaban J connectivity index is 1.56. The maximum Gasteiger partial charge on any atom is 0.177 e. The second-order valence-corrected chi connectivity index (χ2v) is 8.75. The molecule has 0 unspecified atom stereocenters. The van der Waals surface area contributed by atoms with Gasteiger partial charge in [-0.25, -0.2) is 14.4 Å². The first kappa shape index (κ1) is 21.2. The van der Waals surface area contributed by atoms with E-state index in [-0.39, 0.29) is 17.1 Å². The lowest BCUT2D eigenvalue weighted by Crippen LogP contribution is -2.23. The van der Waals surface area contributed by atoms with Crippen LogP contribution in [0.5, 0.6) is 5.75 Å². The molecule has 0 amide bonds. The lowest BCUT2D eigenvalue weighted by Gasteiger charge is -2.31. The lowest BCUT2D eigenvalue weighted by molar-refractivity contribution is 0.206. The fourth-order valence-corrected chi connectivity index (χ4v) is 4.37. The van der Waals surface area contributed by atoms with Crippen molar-refractivity contribution in [2.24, 2.45) is 11.3 Å². The van der Waals surface area contributed by atoms with Gasteiger partial charge in [0, 0.05) is 29.9 Å². The fraction of sp³-hybridized carbons (Fsp3) is 0.417. The molecule has 3 atom stereocenters. The van der Waals surface area contributed by atoms with Crippen LogP contribution in [0.15, 0.2) is 49.7 Å². The first-order valence-corrected chi connectivity index (χ1v) is 10.7. The van der Waals surface area contributed by atoms with Crippen molar-refractivity contribution < 1.29 is 9.50 Å². The van der Waals surface area contributed by atoms with Crippen molar-refractivity contribution in [3.63, 3.8) is 0 Å². The van der Waals surface area contributed by atoms with Crippen molar-refractivity contribution in [1.29, 1.82) is 0 Å². The minimum Gasteiger partial charge on any atom is -0.507 e. The van der Waals surface area contributed by atoms with Gasteiger partial charge in [-0.3, -0.25) is 0 Å².